The molecule has 0 bridgehead atoms. The van der Waals surface area contributed by atoms with E-state index in [0.717, 1.165) is 6.54 Å². The van der Waals surface area contributed by atoms with Crippen molar-refractivity contribution in [1.82, 2.24) is 4.57 Å². The second-order valence-corrected chi connectivity index (χ2v) is 5.25. The highest BCUT2D eigenvalue weighted by Crippen LogP contribution is 2.36. The molecular weight excluding hydrogens is 210 g/mol. The van der Waals surface area contributed by atoms with Gasteiger partial charge in [0.2, 0.25) is 0 Å². The summed E-state index contributed by atoms with van der Waals surface area (Å²) in [6, 6.07) is 4.48. The Hall–Kier alpha value is -0.800. The maximum atomic E-state index is 2.44. The van der Waals surface area contributed by atoms with Crippen LogP contribution in [0.3, 0.4) is 0 Å². The first kappa shape index (κ1) is 8.50. The maximum absolute atomic E-state index is 2.44. The summed E-state index contributed by atoms with van der Waals surface area (Å²) < 4.78 is 5.37. The number of fused-ring (bicyclic) bond motifs is 3. The van der Waals surface area contributed by atoms with Crippen molar-refractivity contribution in [3.63, 3.8) is 0 Å². The largest absolute Gasteiger partial charge is 0.339 e. The highest BCUT2D eigenvalue weighted by molar-refractivity contribution is 7.25. The zero-order valence-corrected chi connectivity index (χ0v) is 9.62. The molecule has 0 fully saturated rings. The van der Waals surface area contributed by atoms with Crippen molar-refractivity contribution >= 4 is 43.1 Å². The van der Waals surface area contributed by atoms with Crippen LogP contribution in [0.4, 0.5) is 0 Å². The summed E-state index contributed by atoms with van der Waals surface area (Å²) in [6.45, 7) is 3.36. The third-order valence-corrected chi connectivity index (χ3v) is 4.50. The molecule has 0 atom stereocenters. The van der Waals surface area contributed by atoms with Crippen LogP contribution in [0.2, 0.25) is 0 Å². The Morgan fingerprint density at radius 3 is 2.14 bits per heavy atom. The van der Waals surface area contributed by atoms with Crippen LogP contribution in [0.25, 0.3) is 20.4 Å². The highest BCUT2D eigenvalue weighted by atomic mass is 32.1. The Kier molecular flexibility index (Phi) is 1.89. The molecular formula is C11H11NS2. The second kappa shape index (κ2) is 3.11. The van der Waals surface area contributed by atoms with Gasteiger partial charge < -0.3 is 4.57 Å². The van der Waals surface area contributed by atoms with Gasteiger partial charge in [-0.25, -0.2) is 0 Å². The molecule has 3 aromatic heterocycles. The molecule has 72 valence electrons. The first-order valence-corrected chi connectivity index (χ1v) is 6.60. The lowest BCUT2D eigenvalue weighted by atomic mass is 10.4. The summed E-state index contributed by atoms with van der Waals surface area (Å²) in [5, 5.41) is 4.38. The molecule has 0 aliphatic carbocycles. The van der Waals surface area contributed by atoms with Gasteiger partial charge in [-0.3, -0.25) is 0 Å². The fraction of sp³-hybridized carbons (Fsp3) is 0.273. The predicted octanol–water partition coefficient (Wildman–Crippen LogP) is 4.33. The maximum Gasteiger partial charge on any atom is 0.0700 e. The van der Waals surface area contributed by atoms with Crippen LogP contribution in [0, 0.1) is 0 Å². The van der Waals surface area contributed by atoms with Crippen LogP contribution in [0.1, 0.15) is 13.3 Å². The molecule has 1 nitrogen and oxygen atoms in total. The topological polar surface area (TPSA) is 4.93 Å². The summed E-state index contributed by atoms with van der Waals surface area (Å²) in [7, 11) is 0. The van der Waals surface area contributed by atoms with Crippen LogP contribution in [0.15, 0.2) is 22.9 Å². The van der Waals surface area contributed by atoms with Gasteiger partial charge in [0, 0.05) is 6.54 Å². The van der Waals surface area contributed by atoms with Crippen LogP contribution < -0.4 is 0 Å². The Balaban J connectivity index is 2.45. The number of nitrogens with zero attached hydrogens (tertiary/aromatic N) is 1. The lowest BCUT2D eigenvalue weighted by Gasteiger charge is -2.01. The monoisotopic (exact) mass is 221 g/mol. The van der Waals surface area contributed by atoms with Crippen molar-refractivity contribution in [2.24, 2.45) is 0 Å². The smallest absolute Gasteiger partial charge is 0.0700 e. The molecule has 0 radical (unpaired) electrons. The van der Waals surface area contributed by atoms with Crippen LogP contribution in [-0.4, -0.2) is 4.57 Å². The standard InChI is InChI=1S/C11H11NS2/c1-2-5-12-8-3-6-13-10(8)11-9(12)4-7-14-11/h3-4,6-7H,2,5H2,1H3. The van der Waals surface area contributed by atoms with E-state index in [4.69, 9.17) is 0 Å². The number of hydrogen-bond acceptors (Lipinski definition) is 2. The van der Waals surface area contributed by atoms with Crippen LogP contribution in [-0.2, 0) is 6.54 Å². The van der Waals surface area contributed by atoms with Gasteiger partial charge in [0.05, 0.1) is 20.4 Å². The third-order valence-electron chi connectivity index (χ3n) is 2.52. The highest BCUT2D eigenvalue weighted by Gasteiger charge is 2.11. The molecule has 3 heteroatoms. The Bertz CT molecular complexity index is 522. The van der Waals surface area contributed by atoms with Gasteiger partial charge in [0.25, 0.3) is 0 Å². The number of aryl methyl sites for hydroxylation is 1. The van der Waals surface area contributed by atoms with Gasteiger partial charge in [-0.05, 0) is 29.3 Å². The van der Waals surface area contributed by atoms with E-state index in [1.54, 1.807) is 0 Å². The molecule has 0 aromatic carbocycles. The normalized spacial score (nSPS) is 11.8. The molecule has 0 saturated heterocycles. The molecule has 0 unspecified atom stereocenters. The van der Waals surface area contributed by atoms with Gasteiger partial charge >= 0.3 is 0 Å². The quantitative estimate of drug-likeness (QED) is 0.607. The third kappa shape index (κ3) is 0.996. The second-order valence-electron chi connectivity index (χ2n) is 3.42. The molecule has 3 heterocycles. The Labute approximate surface area is 90.6 Å². The molecule has 0 amide bonds. The molecule has 14 heavy (non-hydrogen) atoms. The van der Waals surface area contributed by atoms with Gasteiger partial charge in [-0.1, -0.05) is 6.92 Å². The van der Waals surface area contributed by atoms with Crippen LogP contribution in [0.5, 0.6) is 0 Å². The van der Waals surface area contributed by atoms with E-state index in [1.807, 2.05) is 22.7 Å². The minimum absolute atomic E-state index is 1.13. The van der Waals surface area contributed by atoms with Crippen LogP contribution >= 0.6 is 22.7 Å². The lowest BCUT2D eigenvalue weighted by molar-refractivity contribution is 0.724. The average Bonchev–Trinajstić information content (AvgIpc) is 2.83. The number of aromatic nitrogens is 1. The van der Waals surface area contributed by atoms with E-state index in [9.17, 15) is 0 Å². The van der Waals surface area contributed by atoms with Crippen molar-refractivity contribution < 1.29 is 0 Å². The minimum atomic E-state index is 1.13. The van der Waals surface area contributed by atoms with E-state index >= 15 is 0 Å². The fourth-order valence-electron chi connectivity index (χ4n) is 1.96. The molecule has 0 N–H and O–H groups in total. The van der Waals surface area contributed by atoms with E-state index in [2.05, 4.69) is 34.4 Å². The molecule has 0 aliphatic heterocycles. The van der Waals surface area contributed by atoms with Crippen molar-refractivity contribution in [1.29, 1.82) is 0 Å². The van der Waals surface area contributed by atoms with Crippen molar-refractivity contribution in [3.05, 3.63) is 22.9 Å². The SMILES string of the molecule is CCCn1c2ccsc2c2sccc21. The number of hydrogen-bond donors (Lipinski definition) is 0. The van der Waals surface area contributed by atoms with E-state index < -0.39 is 0 Å². The van der Waals surface area contributed by atoms with Gasteiger partial charge in [-0.2, -0.15) is 0 Å². The minimum Gasteiger partial charge on any atom is -0.339 e. The first-order chi connectivity index (χ1) is 6.92. The fourth-order valence-corrected chi connectivity index (χ4v) is 3.94. The zero-order valence-electron chi connectivity index (χ0n) is 7.99. The molecule has 0 spiro atoms. The molecule has 0 saturated carbocycles. The van der Waals surface area contributed by atoms with Crippen molar-refractivity contribution in [3.8, 4) is 0 Å². The van der Waals surface area contributed by atoms with Gasteiger partial charge in [0.15, 0.2) is 0 Å². The van der Waals surface area contributed by atoms with E-state index in [1.165, 1.54) is 26.9 Å². The lowest BCUT2D eigenvalue weighted by Crippen LogP contribution is -1.93. The Morgan fingerprint density at radius 1 is 1.07 bits per heavy atom. The summed E-state index contributed by atoms with van der Waals surface area (Å²) in [6.07, 6.45) is 1.20. The van der Waals surface area contributed by atoms with Gasteiger partial charge in [-0.15, -0.1) is 22.7 Å². The summed E-state index contributed by atoms with van der Waals surface area (Å²) in [5.74, 6) is 0. The van der Waals surface area contributed by atoms with E-state index in [0.29, 0.717) is 0 Å². The molecule has 0 aliphatic rings. The first-order valence-electron chi connectivity index (χ1n) is 4.84. The molecule has 3 rings (SSSR count). The number of thiophene rings is 2. The van der Waals surface area contributed by atoms with Gasteiger partial charge in [0.1, 0.15) is 0 Å². The number of rotatable bonds is 2. The summed E-state index contributed by atoms with van der Waals surface area (Å²) >= 11 is 3.72. The predicted molar refractivity (Wildman–Crippen MR) is 65.5 cm³/mol. The van der Waals surface area contributed by atoms with Crippen molar-refractivity contribution in [2.75, 3.05) is 0 Å². The Morgan fingerprint density at radius 2 is 1.64 bits per heavy atom. The molecule has 3 aromatic rings. The summed E-state index contributed by atoms with van der Waals surface area (Å²) in [5.41, 5.74) is 2.83. The average molecular weight is 221 g/mol. The summed E-state index contributed by atoms with van der Waals surface area (Å²) in [4.78, 5) is 0. The zero-order chi connectivity index (χ0) is 9.54. The van der Waals surface area contributed by atoms with Crippen molar-refractivity contribution in [2.45, 2.75) is 19.9 Å². The van der Waals surface area contributed by atoms with E-state index in [-0.39, 0.29) is 0 Å².